The molecular weight excluding hydrogens is 364 g/mol. The molecule has 0 aromatic carbocycles. The summed E-state index contributed by atoms with van der Waals surface area (Å²) in [5.41, 5.74) is 1.31. The quantitative estimate of drug-likeness (QED) is 0.783. The van der Waals surface area contributed by atoms with Crippen LogP contribution in [-0.4, -0.2) is 70.3 Å². The van der Waals surface area contributed by atoms with Crippen LogP contribution in [0.4, 0.5) is 0 Å². The summed E-state index contributed by atoms with van der Waals surface area (Å²) >= 11 is 0. The molecule has 158 valence electrons. The standard InChI is InChI=1S/C23H34N4O2/c1-19-4-2-3-13-26(19)17-22(29)25-14-9-23(10-15-25)8-5-21(28)27(18-23)16-20-6-11-24-12-7-20/h6-7,11-12,19H,2-5,8-10,13-18H2,1H3/t19-/m0/s1. The third-order valence-corrected chi connectivity index (χ3v) is 7.33. The van der Waals surface area contributed by atoms with E-state index < -0.39 is 0 Å². The van der Waals surface area contributed by atoms with Crippen molar-refractivity contribution in [2.45, 2.75) is 64.5 Å². The summed E-state index contributed by atoms with van der Waals surface area (Å²) in [6.45, 7) is 7.01. The number of carbonyl (C=O) groups is 2. The average molecular weight is 399 g/mol. The first-order valence-corrected chi connectivity index (χ1v) is 11.2. The van der Waals surface area contributed by atoms with Gasteiger partial charge in [0.25, 0.3) is 0 Å². The Hall–Kier alpha value is -1.95. The highest BCUT2D eigenvalue weighted by Crippen LogP contribution is 2.40. The number of hydrogen-bond acceptors (Lipinski definition) is 4. The third kappa shape index (κ3) is 4.80. The van der Waals surface area contributed by atoms with Crippen LogP contribution in [0.2, 0.25) is 0 Å². The predicted molar refractivity (Wildman–Crippen MR) is 112 cm³/mol. The first-order valence-electron chi connectivity index (χ1n) is 11.2. The molecule has 6 heteroatoms. The molecule has 3 fully saturated rings. The van der Waals surface area contributed by atoms with Gasteiger partial charge in [0.1, 0.15) is 0 Å². The fourth-order valence-electron chi connectivity index (χ4n) is 5.26. The molecule has 1 atom stereocenters. The minimum Gasteiger partial charge on any atom is -0.342 e. The van der Waals surface area contributed by atoms with Crippen molar-refractivity contribution in [2.24, 2.45) is 5.41 Å². The summed E-state index contributed by atoms with van der Waals surface area (Å²) in [6, 6.07) is 4.49. The predicted octanol–water partition coefficient (Wildman–Crippen LogP) is 2.69. The van der Waals surface area contributed by atoms with E-state index in [1.807, 2.05) is 17.0 Å². The Morgan fingerprint density at radius 3 is 2.62 bits per heavy atom. The molecule has 3 aliphatic rings. The molecule has 3 aliphatic heterocycles. The van der Waals surface area contributed by atoms with Crippen LogP contribution in [0.15, 0.2) is 24.5 Å². The van der Waals surface area contributed by atoms with Crippen LogP contribution in [0.25, 0.3) is 0 Å². The molecule has 1 aromatic heterocycles. The minimum atomic E-state index is 0.177. The zero-order valence-electron chi connectivity index (χ0n) is 17.7. The molecule has 1 aromatic rings. The lowest BCUT2D eigenvalue weighted by Gasteiger charge is -2.47. The Kier molecular flexibility index (Phi) is 6.18. The van der Waals surface area contributed by atoms with Crippen LogP contribution < -0.4 is 0 Å². The average Bonchev–Trinajstić information content (AvgIpc) is 2.74. The van der Waals surface area contributed by atoms with Gasteiger partial charge >= 0.3 is 0 Å². The number of piperidine rings is 3. The Labute approximate surface area is 174 Å². The van der Waals surface area contributed by atoms with E-state index in [4.69, 9.17) is 0 Å². The zero-order chi connectivity index (χ0) is 20.3. The number of likely N-dealkylation sites (tertiary alicyclic amines) is 3. The number of pyridine rings is 1. The van der Waals surface area contributed by atoms with Gasteiger partial charge < -0.3 is 9.80 Å². The molecule has 0 N–H and O–H groups in total. The Morgan fingerprint density at radius 1 is 1.14 bits per heavy atom. The molecule has 0 saturated carbocycles. The van der Waals surface area contributed by atoms with Crippen molar-refractivity contribution >= 4 is 11.8 Å². The number of amides is 2. The maximum atomic E-state index is 12.9. The largest absolute Gasteiger partial charge is 0.342 e. The molecule has 0 aliphatic carbocycles. The highest BCUT2D eigenvalue weighted by atomic mass is 16.2. The molecule has 0 radical (unpaired) electrons. The number of rotatable bonds is 4. The van der Waals surface area contributed by atoms with E-state index in [0.29, 0.717) is 25.6 Å². The van der Waals surface area contributed by atoms with Crippen molar-refractivity contribution in [3.05, 3.63) is 30.1 Å². The van der Waals surface area contributed by atoms with E-state index in [0.717, 1.165) is 51.0 Å². The van der Waals surface area contributed by atoms with Gasteiger partial charge in [0.15, 0.2) is 0 Å². The van der Waals surface area contributed by atoms with Crippen molar-refractivity contribution in [1.29, 1.82) is 0 Å². The summed E-state index contributed by atoms with van der Waals surface area (Å²) in [6.07, 6.45) is 10.9. The second-order valence-corrected chi connectivity index (χ2v) is 9.30. The van der Waals surface area contributed by atoms with E-state index in [1.54, 1.807) is 12.4 Å². The Balaban J connectivity index is 1.31. The van der Waals surface area contributed by atoms with Gasteiger partial charge in [-0.05, 0) is 68.7 Å². The first kappa shape index (κ1) is 20.3. The maximum Gasteiger partial charge on any atom is 0.236 e. The van der Waals surface area contributed by atoms with Crippen molar-refractivity contribution in [3.63, 3.8) is 0 Å². The fourth-order valence-corrected chi connectivity index (χ4v) is 5.26. The van der Waals surface area contributed by atoms with Gasteiger partial charge in [-0.15, -0.1) is 0 Å². The highest BCUT2D eigenvalue weighted by molar-refractivity contribution is 5.79. The lowest BCUT2D eigenvalue weighted by atomic mass is 9.72. The van der Waals surface area contributed by atoms with Gasteiger partial charge in [0.2, 0.25) is 11.8 Å². The van der Waals surface area contributed by atoms with Gasteiger partial charge in [-0.25, -0.2) is 0 Å². The van der Waals surface area contributed by atoms with Crippen LogP contribution >= 0.6 is 0 Å². The Bertz CT molecular complexity index is 715. The lowest BCUT2D eigenvalue weighted by Crippen LogP contribution is -2.53. The first-order chi connectivity index (χ1) is 14.0. The van der Waals surface area contributed by atoms with Crippen molar-refractivity contribution in [1.82, 2.24) is 19.7 Å². The number of carbonyl (C=O) groups excluding carboxylic acids is 2. The highest BCUT2D eigenvalue weighted by Gasteiger charge is 2.41. The van der Waals surface area contributed by atoms with Gasteiger partial charge in [0.05, 0.1) is 6.54 Å². The number of aromatic nitrogens is 1. The van der Waals surface area contributed by atoms with Crippen LogP contribution in [0, 0.1) is 5.41 Å². The molecule has 0 unspecified atom stereocenters. The summed E-state index contributed by atoms with van der Waals surface area (Å²) in [4.78, 5) is 35.9. The zero-order valence-corrected chi connectivity index (χ0v) is 17.7. The van der Waals surface area contributed by atoms with Crippen LogP contribution in [0.5, 0.6) is 0 Å². The molecule has 3 saturated heterocycles. The second-order valence-electron chi connectivity index (χ2n) is 9.30. The van der Waals surface area contributed by atoms with E-state index in [1.165, 1.54) is 19.3 Å². The number of nitrogens with zero attached hydrogens (tertiary/aromatic N) is 4. The summed E-state index contributed by atoms with van der Waals surface area (Å²) in [5.74, 6) is 0.541. The van der Waals surface area contributed by atoms with Crippen LogP contribution in [-0.2, 0) is 16.1 Å². The molecular formula is C23H34N4O2. The van der Waals surface area contributed by atoms with E-state index in [-0.39, 0.29) is 17.2 Å². The van der Waals surface area contributed by atoms with Crippen LogP contribution in [0.3, 0.4) is 0 Å². The molecule has 6 nitrogen and oxygen atoms in total. The minimum absolute atomic E-state index is 0.177. The van der Waals surface area contributed by atoms with Crippen LogP contribution in [0.1, 0.15) is 57.4 Å². The monoisotopic (exact) mass is 398 g/mol. The lowest BCUT2D eigenvalue weighted by molar-refractivity contribution is -0.143. The summed E-state index contributed by atoms with van der Waals surface area (Å²) in [7, 11) is 0. The molecule has 1 spiro atoms. The SMILES string of the molecule is C[C@H]1CCCCN1CC(=O)N1CCC2(CCC(=O)N(Cc3ccncc3)C2)CC1. The van der Waals surface area contributed by atoms with Gasteiger partial charge in [-0.1, -0.05) is 6.42 Å². The van der Waals surface area contributed by atoms with Crippen molar-refractivity contribution in [2.75, 3.05) is 32.7 Å². The summed E-state index contributed by atoms with van der Waals surface area (Å²) < 4.78 is 0. The smallest absolute Gasteiger partial charge is 0.236 e. The van der Waals surface area contributed by atoms with E-state index >= 15 is 0 Å². The molecule has 4 heterocycles. The molecule has 29 heavy (non-hydrogen) atoms. The van der Waals surface area contributed by atoms with Gasteiger partial charge in [-0.3, -0.25) is 19.5 Å². The topological polar surface area (TPSA) is 56.8 Å². The fraction of sp³-hybridized carbons (Fsp3) is 0.696. The molecule has 0 bridgehead atoms. The van der Waals surface area contributed by atoms with Crippen molar-refractivity contribution in [3.8, 4) is 0 Å². The third-order valence-electron chi connectivity index (χ3n) is 7.33. The number of hydrogen-bond donors (Lipinski definition) is 0. The maximum absolute atomic E-state index is 12.9. The Morgan fingerprint density at radius 2 is 1.90 bits per heavy atom. The normalized spacial score (nSPS) is 25.4. The summed E-state index contributed by atoms with van der Waals surface area (Å²) in [5, 5.41) is 0. The van der Waals surface area contributed by atoms with Crippen molar-refractivity contribution < 1.29 is 9.59 Å². The van der Waals surface area contributed by atoms with Gasteiger partial charge in [0, 0.05) is 51.0 Å². The van der Waals surface area contributed by atoms with Gasteiger partial charge in [-0.2, -0.15) is 0 Å². The van der Waals surface area contributed by atoms with E-state index in [2.05, 4.69) is 21.7 Å². The van der Waals surface area contributed by atoms with E-state index in [9.17, 15) is 9.59 Å². The molecule has 4 rings (SSSR count). The molecule has 2 amide bonds. The second kappa shape index (κ2) is 8.82.